The fourth-order valence-electron chi connectivity index (χ4n) is 7.96. The van der Waals surface area contributed by atoms with Gasteiger partial charge in [-0.1, -0.05) is 34.6 Å². The maximum absolute atomic E-state index is 12.3. The summed E-state index contributed by atoms with van der Waals surface area (Å²) >= 11 is 12.4. The van der Waals surface area contributed by atoms with Crippen molar-refractivity contribution in [2.75, 3.05) is 27.0 Å². The quantitative estimate of drug-likeness (QED) is 0.200. The average molecular weight is 564 g/mol. The smallest absolute Gasteiger partial charge is 0.255 e. The van der Waals surface area contributed by atoms with E-state index in [-0.39, 0.29) is 26.9 Å². The first-order valence-corrected chi connectivity index (χ1v) is 16.2. The minimum atomic E-state index is -0.151. The Kier molecular flexibility index (Phi) is 12.8. The average Bonchev–Trinajstić information content (AvgIpc) is 3.24. The highest BCUT2D eigenvalue weighted by Gasteiger charge is 2.63. The summed E-state index contributed by atoms with van der Waals surface area (Å²) in [5.74, 6) is 3.59. The van der Waals surface area contributed by atoms with Crippen LogP contribution in [0.15, 0.2) is 0 Å². The number of rotatable bonds is 6. The highest BCUT2D eigenvalue weighted by Crippen LogP contribution is 2.67. The molecule has 0 aromatic heterocycles. The van der Waals surface area contributed by atoms with Gasteiger partial charge in [-0.05, 0) is 81.0 Å². The molecule has 4 fully saturated rings. The van der Waals surface area contributed by atoms with Crippen molar-refractivity contribution in [2.24, 2.45) is 35.5 Å². The largest absolute Gasteiger partial charge is 0.393 e. The van der Waals surface area contributed by atoms with Crippen molar-refractivity contribution in [3.05, 3.63) is 0 Å². The number of amides is 1. The highest BCUT2D eigenvalue weighted by molar-refractivity contribution is 8.00. The number of aliphatic hydroxyl groups excluding tert-OH is 1. The molecule has 0 saturated heterocycles. The van der Waals surface area contributed by atoms with E-state index < -0.39 is 0 Å². The van der Waals surface area contributed by atoms with Gasteiger partial charge in [-0.2, -0.15) is 25.3 Å². The summed E-state index contributed by atoms with van der Waals surface area (Å²) < 4.78 is 5.96. The first-order chi connectivity index (χ1) is 17.2. The number of nitrogens with zero attached hydrogens (tertiary/aromatic N) is 1. The third-order valence-corrected chi connectivity index (χ3v) is 12.6. The van der Waals surface area contributed by atoms with E-state index in [4.69, 9.17) is 34.8 Å². The molecule has 0 aromatic rings. The van der Waals surface area contributed by atoms with Gasteiger partial charge in [0.1, 0.15) is 5.44 Å². The van der Waals surface area contributed by atoms with Gasteiger partial charge in [-0.25, -0.2) is 5.06 Å². The summed E-state index contributed by atoms with van der Waals surface area (Å²) in [7, 11) is 4.92. The maximum atomic E-state index is 12.3. The lowest BCUT2D eigenvalue weighted by molar-refractivity contribution is -0.165. The molecule has 0 spiro atoms. The van der Waals surface area contributed by atoms with Crippen molar-refractivity contribution in [2.45, 2.75) is 107 Å². The van der Waals surface area contributed by atoms with E-state index in [1.165, 1.54) is 25.0 Å². The maximum Gasteiger partial charge on any atom is 0.255 e. The number of hydrogen-bond acceptors (Lipinski definition) is 7. The zero-order valence-corrected chi connectivity index (χ0v) is 26.5. The molecule has 0 aromatic carbocycles. The van der Waals surface area contributed by atoms with E-state index in [0.717, 1.165) is 38.5 Å². The van der Waals surface area contributed by atoms with E-state index in [0.29, 0.717) is 41.3 Å². The van der Waals surface area contributed by atoms with Crippen molar-refractivity contribution >= 4 is 42.9 Å². The topological polar surface area (TPSA) is 59.0 Å². The Morgan fingerprint density at radius 2 is 1.61 bits per heavy atom. The summed E-state index contributed by atoms with van der Waals surface area (Å²) in [6.07, 6.45) is 8.46. The Morgan fingerprint density at radius 3 is 2.22 bits per heavy atom. The summed E-state index contributed by atoms with van der Waals surface area (Å²) in [6, 6.07) is 0. The zero-order valence-electron chi connectivity index (χ0n) is 23.9. The molecule has 4 saturated carbocycles. The standard InChI is InChI=1S/C24H41NO4S3.2C2H6/c1-14-11-16-17-5-6-19(22(28-3)32-13-21(27)25(2)29-4)23(17,30)10-8-18(16)24(31)9-7-15(26)12-20(14)24;2*1-2/h14-20,22,26,30-31H,5-13H2,1-4H3;2*1-2H3/t14-,15+,16?,17?,18?,19?,20-,22?,23?,24?;;/m0../s1. The second-order valence-corrected chi connectivity index (χ2v) is 13.6. The normalized spacial score (nSPS) is 41.8. The molecule has 8 heteroatoms. The molecule has 5 nitrogen and oxygen atoms in total. The van der Waals surface area contributed by atoms with Crippen LogP contribution in [0.3, 0.4) is 0 Å². The molecule has 4 rings (SSSR count). The SMILES string of the molecule is CC.CC.COC(SCC(=O)N(C)OC)C1CCC2C3C[C@H](C)[C@@H]4C[C@H](O)CCC4(S)C3CCC12S. The summed E-state index contributed by atoms with van der Waals surface area (Å²) in [4.78, 5) is 17.3. The molecule has 0 radical (unpaired) electrons. The molecule has 0 bridgehead atoms. The molecule has 1 amide bonds. The van der Waals surface area contributed by atoms with Crippen LogP contribution < -0.4 is 0 Å². The van der Waals surface area contributed by atoms with Crippen LogP contribution in [0.4, 0.5) is 0 Å². The summed E-state index contributed by atoms with van der Waals surface area (Å²) in [5, 5.41) is 11.6. The minimum Gasteiger partial charge on any atom is -0.393 e. The number of carbonyl (C=O) groups is 1. The second kappa shape index (κ2) is 14.2. The van der Waals surface area contributed by atoms with Crippen LogP contribution >= 0.6 is 37.0 Å². The zero-order chi connectivity index (χ0) is 27.3. The predicted octanol–water partition coefficient (Wildman–Crippen LogP) is 6.35. The van der Waals surface area contributed by atoms with Crippen molar-refractivity contribution in [3.8, 4) is 0 Å². The highest BCUT2D eigenvalue weighted by atomic mass is 32.2. The van der Waals surface area contributed by atoms with Gasteiger partial charge in [0.15, 0.2) is 0 Å². The molecule has 0 heterocycles. The lowest BCUT2D eigenvalue weighted by atomic mass is 9.50. The number of thioether (sulfide) groups is 1. The predicted molar refractivity (Wildman–Crippen MR) is 159 cm³/mol. The Hall–Kier alpha value is 0.400. The Balaban J connectivity index is 0.00000109. The first-order valence-electron chi connectivity index (χ1n) is 14.2. The van der Waals surface area contributed by atoms with E-state index >= 15 is 0 Å². The molecule has 212 valence electrons. The first kappa shape index (κ1) is 32.6. The van der Waals surface area contributed by atoms with Gasteiger partial charge >= 0.3 is 0 Å². The van der Waals surface area contributed by atoms with Gasteiger partial charge < -0.3 is 9.84 Å². The monoisotopic (exact) mass is 563 g/mol. The van der Waals surface area contributed by atoms with Crippen LogP contribution in [-0.4, -0.2) is 64.1 Å². The van der Waals surface area contributed by atoms with Gasteiger partial charge in [0, 0.05) is 29.6 Å². The number of hydrogen-bond donors (Lipinski definition) is 3. The number of thiol groups is 2. The summed E-state index contributed by atoms with van der Waals surface area (Å²) in [5.41, 5.74) is -0.0354. The van der Waals surface area contributed by atoms with Crippen molar-refractivity contribution in [1.82, 2.24) is 5.06 Å². The number of methoxy groups -OCH3 is 1. The number of aliphatic hydroxyl groups is 1. The van der Waals surface area contributed by atoms with Crippen LogP contribution in [-0.2, 0) is 14.4 Å². The third kappa shape index (κ3) is 6.24. The molecule has 4 aliphatic rings. The van der Waals surface area contributed by atoms with Crippen LogP contribution in [0.5, 0.6) is 0 Å². The molecule has 4 aliphatic carbocycles. The Labute approximate surface area is 236 Å². The van der Waals surface area contributed by atoms with Crippen LogP contribution in [0, 0.1) is 35.5 Å². The third-order valence-electron chi connectivity index (χ3n) is 9.54. The number of hydroxylamine groups is 2. The molecule has 0 aliphatic heterocycles. The summed E-state index contributed by atoms with van der Waals surface area (Å²) in [6.45, 7) is 10.4. The van der Waals surface area contributed by atoms with Gasteiger partial charge in [-0.3, -0.25) is 9.63 Å². The number of carbonyl (C=O) groups excluding carboxylic acids is 1. The van der Waals surface area contributed by atoms with E-state index in [1.807, 2.05) is 27.7 Å². The Morgan fingerprint density at radius 1 is 1.00 bits per heavy atom. The molecule has 10 atom stereocenters. The fraction of sp³-hybridized carbons (Fsp3) is 0.964. The van der Waals surface area contributed by atoms with Crippen LogP contribution in [0.1, 0.15) is 86.0 Å². The van der Waals surface area contributed by atoms with Crippen LogP contribution in [0.25, 0.3) is 0 Å². The van der Waals surface area contributed by atoms with Crippen LogP contribution in [0.2, 0.25) is 0 Å². The second-order valence-electron chi connectivity index (χ2n) is 10.8. The number of fused-ring (bicyclic) bond motifs is 5. The fourth-order valence-corrected chi connectivity index (χ4v) is 10.8. The van der Waals surface area contributed by atoms with Gasteiger partial charge in [-0.15, -0.1) is 11.8 Å². The molecule has 1 N–H and O–H groups in total. The lowest BCUT2D eigenvalue weighted by Gasteiger charge is -2.62. The minimum absolute atomic E-state index is 0.0354. The van der Waals surface area contributed by atoms with E-state index in [9.17, 15) is 9.90 Å². The van der Waals surface area contributed by atoms with E-state index in [1.54, 1.807) is 25.9 Å². The van der Waals surface area contributed by atoms with Crippen molar-refractivity contribution in [1.29, 1.82) is 0 Å². The van der Waals surface area contributed by atoms with E-state index in [2.05, 4.69) is 6.92 Å². The van der Waals surface area contributed by atoms with Gasteiger partial charge in [0.25, 0.3) is 5.91 Å². The van der Waals surface area contributed by atoms with Gasteiger partial charge in [0.2, 0.25) is 0 Å². The molecular weight excluding hydrogens is 511 g/mol. The molecular formula is C28H53NO4S3. The van der Waals surface area contributed by atoms with Crippen molar-refractivity contribution in [3.63, 3.8) is 0 Å². The van der Waals surface area contributed by atoms with Gasteiger partial charge in [0.05, 0.1) is 19.0 Å². The Bertz CT molecular complexity index is 700. The molecule has 7 unspecified atom stereocenters. The van der Waals surface area contributed by atoms with Crippen molar-refractivity contribution < 1.29 is 19.5 Å². The lowest BCUT2D eigenvalue weighted by Crippen LogP contribution is -2.60. The number of ether oxygens (including phenoxy) is 1. The molecule has 36 heavy (non-hydrogen) atoms.